The molecule has 2 N–H and O–H groups in total. The van der Waals surface area contributed by atoms with E-state index < -0.39 is 0 Å². The zero-order valence-electron chi connectivity index (χ0n) is 18.6. The van der Waals surface area contributed by atoms with Crippen LogP contribution in [0.3, 0.4) is 0 Å². The molecule has 32 heavy (non-hydrogen) atoms. The lowest BCUT2D eigenvalue weighted by atomic mass is 9.81. The number of carbonyl (C=O) groups excluding carboxylic acids is 1. The number of benzene rings is 1. The van der Waals surface area contributed by atoms with Crippen LogP contribution in [0.15, 0.2) is 58.4 Å². The molecule has 0 spiro atoms. The summed E-state index contributed by atoms with van der Waals surface area (Å²) >= 11 is 1.67. The minimum atomic E-state index is 0.138. The van der Waals surface area contributed by atoms with Gasteiger partial charge in [-0.2, -0.15) is 0 Å². The Balaban J connectivity index is 1.27. The molecule has 0 aliphatic carbocycles. The molecule has 1 aliphatic rings. The van der Waals surface area contributed by atoms with E-state index in [-0.39, 0.29) is 5.91 Å². The van der Waals surface area contributed by atoms with Crippen molar-refractivity contribution in [2.24, 2.45) is 11.8 Å². The number of carbonyl (C=O) groups is 1. The fraction of sp³-hybridized carbons (Fsp3) is 0.440. The van der Waals surface area contributed by atoms with Gasteiger partial charge in [-0.15, -0.1) is 11.3 Å². The summed E-state index contributed by atoms with van der Waals surface area (Å²) in [6.45, 7) is 4.09. The second-order valence-electron chi connectivity index (χ2n) is 8.72. The van der Waals surface area contributed by atoms with Gasteiger partial charge in [-0.3, -0.25) is 9.69 Å². The molecule has 3 aromatic rings. The summed E-state index contributed by atoms with van der Waals surface area (Å²) in [4.78, 5) is 15.9. The van der Waals surface area contributed by atoms with E-state index in [1.807, 2.05) is 17.5 Å². The van der Waals surface area contributed by atoms with Gasteiger partial charge in [0.2, 0.25) is 5.91 Å². The summed E-state index contributed by atoms with van der Waals surface area (Å²) in [6, 6.07) is 16.6. The van der Waals surface area contributed by atoms with Crippen LogP contribution in [0.25, 0.3) is 0 Å². The van der Waals surface area contributed by atoms with E-state index in [1.165, 1.54) is 10.4 Å². The van der Waals surface area contributed by atoms with Crippen LogP contribution in [0.4, 0.5) is 0 Å². The molecule has 4 rings (SSSR count). The van der Waals surface area contributed by atoms with Crippen molar-refractivity contribution in [3.63, 3.8) is 0 Å². The molecule has 3 heterocycles. The van der Waals surface area contributed by atoms with Crippen LogP contribution in [0.2, 0.25) is 0 Å². The zero-order chi connectivity index (χ0) is 22.2. The molecule has 0 unspecified atom stereocenters. The zero-order valence-corrected chi connectivity index (χ0v) is 19.4. The van der Waals surface area contributed by atoms with Gasteiger partial charge in [-0.25, -0.2) is 0 Å². The van der Waals surface area contributed by atoms with Crippen molar-refractivity contribution in [2.45, 2.75) is 38.9 Å². The summed E-state index contributed by atoms with van der Waals surface area (Å²) < 4.78 is 5.62. The van der Waals surface area contributed by atoms with Gasteiger partial charge in [-0.05, 0) is 61.8 Å². The Morgan fingerprint density at radius 2 is 2.09 bits per heavy atom. The second-order valence-corrected chi connectivity index (χ2v) is 9.75. The van der Waals surface area contributed by atoms with Crippen LogP contribution >= 0.6 is 11.3 Å². The molecule has 2 atom stereocenters. The maximum absolute atomic E-state index is 12.5. The van der Waals surface area contributed by atoms with Crippen molar-refractivity contribution in [3.8, 4) is 0 Å². The first-order valence-electron chi connectivity index (χ1n) is 11.3. The van der Waals surface area contributed by atoms with Crippen molar-refractivity contribution in [1.29, 1.82) is 0 Å². The fourth-order valence-corrected chi connectivity index (χ4v) is 5.05. The first-order valence-corrected chi connectivity index (χ1v) is 12.2. The number of nitrogens with zero attached hydrogens (tertiary/aromatic N) is 2. The highest BCUT2D eigenvalue weighted by Gasteiger charge is 2.28. The number of nitrogens with one attached hydrogen (secondary N) is 2. The summed E-state index contributed by atoms with van der Waals surface area (Å²) in [5.74, 6) is 1.77. The molecule has 0 saturated carbocycles. The quantitative estimate of drug-likeness (QED) is 0.489. The van der Waals surface area contributed by atoms with Crippen molar-refractivity contribution in [3.05, 3.63) is 75.8 Å². The third kappa shape index (κ3) is 6.76. The number of amides is 1. The van der Waals surface area contributed by atoms with Crippen LogP contribution in [-0.4, -0.2) is 36.1 Å². The van der Waals surface area contributed by atoms with E-state index in [2.05, 4.69) is 64.1 Å². The molecule has 6 nitrogen and oxygen atoms in total. The molecule has 7 heteroatoms. The topological polar surface area (TPSA) is 70.4 Å². The van der Waals surface area contributed by atoms with Gasteiger partial charge >= 0.3 is 0 Å². The molecular weight excluding hydrogens is 420 g/mol. The lowest BCUT2D eigenvalue weighted by Gasteiger charge is -2.31. The molecule has 0 bridgehead atoms. The van der Waals surface area contributed by atoms with E-state index in [1.54, 1.807) is 11.3 Å². The molecule has 1 fully saturated rings. The van der Waals surface area contributed by atoms with Gasteiger partial charge < -0.3 is 15.2 Å². The van der Waals surface area contributed by atoms with Gasteiger partial charge in [0.25, 0.3) is 0 Å². The normalized spacial score (nSPS) is 18.7. The molecular formula is C25H32N4O2S. The van der Waals surface area contributed by atoms with Crippen LogP contribution in [0, 0.1) is 11.8 Å². The van der Waals surface area contributed by atoms with E-state index in [4.69, 9.17) is 4.52 Å². The molecule has 1 aliphatic heterocycles. The molecule has 1 aromatic carbocycles. The van der Waals surface area contributed by atoms with Gasteiger partial charge in [-0.1, -0.05) is 41.6 Å². The highest BCUT2D eigenvalue weighted by Crippen LogP contribution is 2.26. The average Bonchev–Trinajstić information content (AvgIpc) is 3.46. The lowest BCUT2D eigenvalue weighted by Crippen LogP contribution is -2.40. The fourth-order valence-electron chi connectivity index (χ4n) is 4.41. The Morgan fingerprint density at radius 3 is 2.91 bits per heavy atom. The maximum atomic E-state index is 12.5. The molecule has 170 valence electrons. The van der Waals surface area contributed by atoms with Crippen LogP contribution in [0.1, 0.15) is 34.7 Å². The molecule has 2 aromatic heterocycles. The van der Waals surface area contributed by atoms with E-state index in [0.717, 1.165) is 50.5 Å². The standard InChI is InChI=1S/C25H32N4O2S/c1-29(17-19-6-3-2-4-7-19)18-23-14-22(28-31-23)12-21-15-26-10-9-20(21)13-25(30)27-16-24-8-5-11-32-24/h2-8,11,14,20-21,26H,9-10,12-13,15-18H2,1H3,(H,27,30)/t20-,21+/m0/s1. The SMILES string of the molecule is CN(Cc1ccccc1)Cc1cc(C[C@@H]2CNCC[C@H]2CC(=O)NCc2cccs2)no1. The first-order chi connectivity index (χ1) is 15.7. The van der Waals surface area contributed by atoms with Crippen LogP contribution in [0.5, 0.6) is 0 Å². The van der Waals surface area contributed by atoms with Crippen LogP contribution < -0.4 is 10.6 Å². The summed E-state index contributed by atoms with van der Waals surface area (Å²) in [6.07, 6.45) is 2.42. The number of aromatic nitrogens is 1. The predicted molar refractivity (Wildman–Crippen MR) is 127 cm³/mol. The maximum Gasteiger partial charge on any atom is 0.220 e. The Hall–Kier alpha value is -2.48. The Labute approximate surface area is 194 Å². The van der Waals surface area contributed by atoms with Crippen molar-refractivity contribution in [1.82, 2.24) is 20.7 Å². The molecule has 1 saturated heterocycles. The summed E-state index contributed by atoms with van der Waals surface area (Å²) in [5, 5.41) is 12.9. The second kappa shape index (κ2) is 11.4. The first kappa shape index (κ1) is 22.7. The Kier molecular flexibility index (Phi) is 8.09. The minimum absolute atomic E-state index is 0.138. The smallest absolute Gasteiger partial charge is 0.220 e. The molecule has 1 amide bonds. The summed E-state index contributed by atoms with van der Waals surface area (Å²) in [5.41, 5.74) is 2.26. The number of piperidine rings is 1. The predicted octanol–water partition coefficient (Wildman–Crippen LogP) is 3.84. The van der Waals surface area contributed by atoms with Crippen molar-refractivity contribution in [2.75, 3.05) is 20.1 Å². The number of rotatable bonds is 10. The van der Waals surface area contributed by atoms with E-state index >= 15 is 0 Å². The lowest BCUT2D eigenvalue weighted by molar-refractivity contribution is -0.122. The highest BCUT2D eigenvalue weighted by atomic mass is 32.1. The Bertz CT molecular complexity index is 958. The third-order valence-electron chi connectivity index (χ3n) is 6.05. The van der Waals surface area contributed by atoms with Crippen molar-refractivity contribution >= 4 is 17.2 Å². The average molecular weight is 453 g/mol. The van der Waals surface area contributed by atoms with Gasteiger partial charge in [0.15, 0.2) is 5.76 Å². The van der Waals surface area contributed by atoms with Gasteiger partial charge in [0, 0.05) is 23.9 Å². The van der Waals surface area contributed by atoms with Gasteiger partial charge in [0.05, 0.1) is 18.8 Å². The highest BCUT2D eigenvalue weighted by molar-refractivity contribution is 7.09. The van der Waals surface area contributed by atoms with E-state index in [0.29, 0.717) is 24.8 Å². The number of thiophene rings is 1. The van der Waals surface area contributed by atoms with Crippen LogP contribution in [-0.2, 0) is 30.8 Å². The van der Waals surface area contributed by atoms with Crippen molar-refractivity contribution < 1.29 is 9.32 Å². The number of hydrogen-bond acceptors (Lipinski definition) is 6. The van der Waals surface area contributed by atoms with E-state index in [9.17, 15) is 4.79 Å². The largest absolute Gasteiger partial charge is 0.360 e. The number of hydrogen-bond donors (Lipinski definition) is 2. The minimum Gasteiger partial charge on any atom is -0.360 e. The van der Waals surface area contributed by atoms with Gasteiger partial charge in [0.1, 0.15) is 0 Å². The summed E-state index contributed by atoms with van der Waals surface area (Å²) in [7, 11) is 2.09. The third-order valence-corrected chi connectivity index (χ3v) is 6.93. The Morgan fingerprint density at radius 1 is 1.22 bits per heavy atom. The molecule has 0 radical (unpaired) electrons. The monoisotopic (exact) mass is 452 g/mol.